The Morgan fingerprint density at radius 3 is 2.83 bits per heavy atom. The predicted molar refractivity (Wildman–Crippen MR) is 95.4 cm³/mol. The first kappa shape index (κ1) is 15.1. The second-order valence-corrected chi connectivity index (χ2v) is 6.83. The number of anilines is 1. The van der Waals surface area contributed by atoms with Gasteiger partial charge in [0.1, 0.15) is 12.1 Å². The molecule has 0 aliphatic carbocycles. The van der Waals surface area contributed by atoms with Crippen LogP contribution in [-0.2, 0) is 6.42 Å². The van der Waals surface area contributed by atoms with Crippen molar-refractivity contribution in [3.8, 4) is 0 Å². The summed E-state index contributed by atoms with van der Waals surface area (Å²) >= 11 is 0. The van der Waals surface area contributed by atoms with Gasteiger partial charge < -0.3 is 4.90 Å². The molecule has 0 bridgehead atoms. The van der Waals surface area contributed by atoms with Crippen molar-refractivity contribution in [1.29, 1.82) is 0 Å². The second-order valence-electron chi connectivity index (χ2n) is 6.83. The van der Waals surface area contributed by atoms with Gasteiger partial charge in [0.05, 0.1) is 0 Å². The van der Waals surface area contributed by atoms with Gasteiger partial charge in [0, 0.05) is 30.8 Å². The summed E-state index contributed by atoms with van der Waals surface area (Å²) in [6, 6.07) is 10.6. The van der Waals surface area contributed by atoms with Crippen molar-refractivity contribution in [2.75, 3.05) is 18.0 Å². The minimum Gasteiger partial charge on any atom is -0.356 e. The van der Waals surface area contributed by atoms with Gasteiger partial charge in [-0.2, -0.15) is 14.6 Å². The molecule has 124 valence electrons. The van der Waals surface area contributed by atoms with E-state index in [1.54, 1.807) is 6.33 Å². The van der Waals surface area contributed by atoms with Gasteiger partial charge in [-0.15, -0.1) is 0 Å². The number of rotatable bonds is 3. The first-order valence-electron chi connectivity index (χ1n) is 8.70. The third-order valence-corrected chi connectivity index (χ3v) is 4.89. The zero-order valence-corrected chi connectivity index (χ0v) is 14.3. The summed E-state index contributed by atoms with van der Waals surface area (Å²) in [7, 11) is 0. The molecule has 4 rings (SSSR count). The van der Waals surface area contributed by atoms with Gasteiger partial charge in [-0.25, -0.2) is 4.98 Å². The lowest BCUT2D eigenvalue weighted by Gasteiger charge is -2.34. The quantitative estimate of drug-likeness (QED) is 0.743. The van der Waals surface area contributed by atoms with Crippen LogP contribution in [0.5, 0.6) is 0 Å². The Bertz CT molecular complexity index is 840. The molecule has 0 spiro atoms. The van der Waals surface area contributed by atoms with Gasteiger partial charge in [0.15, 0.2) is 0 Å². The van der Waals surface area contributed by atoms with Crippen LogP contribution in [0.1, 0.15) is 36.6 Å². The van der Waals surface area contributed by atoms with E-state index in [1.165, 1.54) is 29.8 Å². The van der Waals surface area contributed by atoms with Crippen LogP contribution in [-0.4, -0.2) is 32.7 Å². The molecule has 3 heterocycles. The molecule has 1 aromatic carbocycles. The zero-order chi connectivity index (χ0) is 16.5. The van der Waals surface area contributed by atoms with Crippen LogP contribution in [0.4, 0.5) is 5.82 Å². The lowest BCUT2D eigenvalue weighted by atomic mass is 9.98. The van der Waals surface area contributed by atoms with Gasteiger partial charge in [-0.3, -0.25) is 0 Å². The van der Waals surface area contributed by atoms with E-state index in [1.807, 2.05) is 4.52 Å². The molecule has 0 N–H and O–H groups in total. The molecule has 1 atom stereocenters. The first-order chi connectivity index (χ1) is 11.7. The summed E-state index contributed by atoms with van der Waals surface area (Å²) in [5.74, 6) is 2.57. The molecular weight excluding hydrogens is 298 g/mol. The van der Waals surface area contributed by atoms with Crippen LogP contribution < -0.4 is 4.90 Å². The number of hydrogen-bond acceptors (Lipinski definition) is 4. The van der Waals surface area contributed by atoms with Crippen LogP contribution in [0.25, 0.3) is 5.78 Å². The zero-order valence-electron chi connectivity index (χ0n) is 14.3. The molecule has 1 aliphatic heterocycles. The molecule has 24 heavy (non-hydrogen) atoms. The Morgan fingerprint density at radius 1 is 1.21 bits per heavy atom. The van der Waals surface area contributed by atoms with Gasteiger partial charge in [-0.05, 0) is 31.2 Å². The van der Waals surface area contributed by atoms with Crippen molar-refractivity contribution in [3.05, 3.63) is 53.5 Å². The summed E-state index contributed by atoms with van der Waals surface area (Å²) in [6.07, 6.45) is 5.00. The highest BCUT2D eigenvalue weighted by molar-refractivity contribution is 5.56. The molecule has 5 nitrogen and oxygen atoms in total. The fourth-order valence-corrected chi connectivity index (χ4v) is 3.68. The normalized spacial score (nSPS) is 18.2. The third-order valence-electron chi connectivity index (χ3n) is 4.89. The number of fused-ring (bicyclic) bond motifs is 1. The molecule has 3 aromatic rings. The smallest absolute Gasteiger partial charge is 0.254 e. The molecular formula is C19H23N5. The van der Waals surface area contributed by atoms with E-state index in [9.17, 15) is 0 Å². The Hall–Kier alpha value is -2.43. The molecule has 0 saturated carbocycles. The molecule has 0 amide bonds. The number of nitrogens with zero attached hydrogens (tertiary/aromatic N) is 5. The minimum atomic E-state index is 0.692. The van der Waals surface area contributed by atoms with E-state index >= 15 is 0 Å². The summed E-state index contributed by atoms with van der Waals surface area (Å²) in [6.45, 7) is 6.56. The highest BCUT2D eigenvalue weighted by Gasteiger charge is 2.24. The van der Waals surface area contributed by atoms with Crippen LogP contribution in [0.15, 0.2) is 36.7 Å². The summed E-state index contributed by atoms with van der Waals surface area (Å²) < 4.78 is 1.92. The Morgan fingerprint density at radius 2 is 2.04 bits per heavy atom. The van der Waals surface area contributed by atoms with E-state index < -0.39 is 0 Å². The lowest BCUT2D eigenvalue weighted by Crippen LogP contribution is -2.36. The van der Waals surface area contributed by atoms with Crippen molar-refractivity contribution < 1.29 is 0 Å². The van der Waals surface area contributed by atoms with E-state index in [0.717, 1.165) is 25.2 Å². The van der Waals surface area contributed by atoms with Crippen LogP contribution in [0.3, 0.4) is 0 Å². The monoisotopic (exact) mass is 321 g/mol. The fourth-order valence-electron chi connectivity index (χ4n) is 3.68. The number of hydrogen-bond donors (Lipinski definition) is 0. The molecule has 0 radical (unpaired) electrons. The van der Waals surface area contributed by atoms with Crippen molar-refractivity contribution in [2.24, 2.45) is 5.92 Å². The first-order valence-corrected chi connectivity index (χ1v) is 8.70. The topological polar surface area (TPSA) is 46.3 Å². The average molecular weight is 321 g/mol. The van der Waals surface area contributed by atoms with Crippen LogP contribution in [0, 0.1) is 12.8 Å². The average Bonchev–Trinajstić information content (AvgIpc) is 3.04. The van der Waals surface area contributed by atoms with Gasteiger partial charge in [0.25, 0.3) is 5.78 Å². The summed E-state index contributed by atoms with van der Waals surface area (Å²) in [5.41, 5.74) is 3.61. The molecule has 0 unspecified atom stereocenters. The number of piperidine rings is 1. The van der Waals surface area contributed by atoms with Crippen LogP contribution in [0.2, 0.25) is 0 Å². The van der Waals surface area contributed by atoms with Gasteiger partial charge in [0.2, 0.25) is 0 Å². The van der Waals surface area contributed by atoms with Crippen molar-refractivity contribution in [1.82, 2.24) is 19.6 Å². The molecule has 1 fully saturated rings. The van der Waals surface area contributed by atoms with Crippen molar-refractivity contribution in [2.45, 2.75) is 33.1 Å². The SMILES string of the molecule is Cc1nc2ncnn2c(N2CCC[C@@H](C)C2)c1Cc1ccccc1. The minimum absolute atomic E-state index is 0.692. The highest BCUT2D eigenvalue weighted by Crippen LogP contribution is 2.29. The maximum absolute atomic E-state index is 4.67. The highest BCUT2D eigenvalue weighted by atomic mass is 15.4. The number of benzene rings is 1. The molecule has 1 aliphatic rings. The Kier molecular flexibility index (Phi) is 3.92. The molecule has 5 heteroatoms. The fraction of sp³-hybridized carbons (Fsp3) is 0.421. The third kappa shape index (κ3) is 2.75. The van der Waals surface area contributed by atoms with Crippen molar-refractivity contribution in [3.63, 3.8) is 0 Å². The second kappa shape index (κ2) is 6.23. The summed E-state index contributed by atoms with van der Waals surface area (Å²) in [5, 5.41) is 4.46. The Labute approximate surface area is 142 Å². The number of aromatic nitrogens is 4. The number of aryl methyl sites for hydroxylation is 1. The van der Waals surface area contributed by atoms with E-state index in [2.05, 4.69) is 64.1 Å². The summed E-state index contributed by atoms with van der Waals surface area (Å²) in [4.78, 5) is 11.5. The lowest BCUT2D eigenvalue weighted by molar-refractivity contribution is 0.441. The molecule has 1 saturated heterocycles. The van der Waals surface area contributed by atoms with E-state index in [-0.39, 0.29) is 0 Å². The standard InChI is InChI=1S/C19H23N5/c1-14-7-6-10-23(12-14)18-17(11-16-8-4-3-5-9-16)15(2)22-19-20-13-21-24(18)19/h3-5,8-9,13-14H,6-7,10-12H2,1-2H3/t14-/m1/s1. The van der Waals surface area contributed by atoms with Crippen molar-refractivity contribution >= 4 is 11.6 Å². The van der Waals surface area contributed by atoms with Gasteiger partial charge >= 0.3 is 0 Å². The maximum Gasteiger partial charge on any atom is 0.254 e. The maximum atomic E-state index is 4.67. The van der Waals surface area contributed by atoms with E-state index in [4.69, 9.17) is 0 Å². The largest absolute Gasteiger partial charge is 0.356 e. The van der Waals surface area contributed by atoms with Crippen LogP contribution >= 0.6 is 0 Å². The van der Waals surface area contributed by atoms with E-state index in [0.29, 0.717) is 11.7 Å². The molecule has 2 aromatic heterocycles. The Balaban J connectivity index is 1.84. The van der Waals surface area contributed by atoms with Gasteiger partial charge in [-0.1, -0.05) is 37.3 Å². The predicted octanol–water partition coefficient (Wildman–Crippen LogP) is 3.26.